The van der Waals surface area contributed by atoms with Gasteiger partial charge in [0, 0.05) is 24.3 Å². The van der Waals surface area contributed by atoms with E-state index in [-0.39, 0.29) is 6.04 Å². The van der Waals surface area contributed by atoms with Gasteiger partial charge in [0.15, 0.2) is 0 Å². The van der Waals surface area contributed by atoms with Gasteiger partial charge in [0.25, 0.3) is 0 Å². The molecule has 2 aromatic heterocycles. The Labute approximate surface area is 127 Å². The zero-order chi connectivity index (χ0) is 13.8. The highest BCUT2D eigenvalue weighted by Gasteiger charge is 2.18. The lowest BCUT2D eigenvalue weighted by Crippen LogP contribution is -2.22. The summed E-state index contributed by atoms with van der Waals surface area (Å²) in [5.74, 6) is 0. The first-order chi connectivity index (χ1) is 9.13. The molecule has 0 saturated heterocycles. The molecule has 0 fully saturated rings. The number of likely N-dealkylation sites (N-methyl/N-ethyl adjacent to an activating group) is 1. The summed E-state index contributed by atoms with van der Waals surface area (Å²) in [6.45, 7) is 5.94. The molecule has 0 spiro atoms. The van der Waals surface area contributed by atoms with Crippen molar-refractivity contribution in [3.05, 3.63) is 38.3 Å². The maximum Gasteiger partial charge on any atom is 0.0992 e. The van der Waals surface area contributed by atoms with Gasteiger partial charge in [0.05, 0.1) is 14.9 Å². The maximum absolute atomic E-state index is 6.25. The Kier molecular flexibility index (Phi) is 5.28. The Morgan fingerprint density at radius 3 is 2.74 bits per heavy atom. The van der Waals surface area contributed by atoms with Gasteiger partial charge in [-0.15, -0.1) is 11.3 Å². The Morgan fingerprint density at radius 2 is 2.21 bits per heavy atom. The average Bonchev–Trinajstić information content (AvgIpc) is 2.95. The van der Waals surface area contributed by atoms with E-state index < -0.39 is 0 Å². The fourth-order valence-corrected chi connectivity index (χ4v) is 3.63. The van der Waals surface area contributed by atoms with E-state index in [9.17, 15) is 0 Å². The van der Waals surface area contributed by atoms with Crippen LogP contribution < -0.4 is 5.32 Å². The molecule has 1 unspecified atom stereocenters. The second-order valence-corrected chi connectivity index (χ2v) is 6.58. The van der Waals surface area contributed by atoms with Gasteiger partial charge in [-0.2, -0.15) is 5.10 Å². The highest BCUT2D eigenvalue weighted by molar-refractivity contribution is 7.20. The molecule has 1 atom stereocenters. The third-order valence-electron chi connectivity index (χ3n) is 2.96. The van der Waals surface area contributed by atoms with Gasteiger partial charge in [-0.05, 0) is 31.5 Å². The van der Waals surface area contributed by atoms with Crippen molar-refractivity contribution in [1.29, 1.82) is 0 Å². The number of hydrogen-bond donors (Lipinski definition) is 1. The molecule has 0 aromatic carbocycles. The third kappa shape index (κ3) is 3.72. The number of nitrogens with zero attached hydrogens (tertiary/aromatic N) is 2. The number of hydrogen-bond acceptors (Lipinski definition) is 3. The molecular formula is C13H17Cl2N3S. The van der Waals surface area contributed by atoms with E-state index in [1.54, 1.807) is 0 Å². The molecule has 0 radical (unpaired) electrons. The lowest BCUT2D eigenvalue weighted by molar-refractivity contribution is 0.551. The number of aromatic nitrogens is 2. The van der Waals surface area contributed by atoms with Gasteiger partial charge in [-0.3, -0.25) is 4.68 Å². The van der Waals surface area contributed by atoms with Crippen LogP contribution in [0.4, 0.5) is 0 Å². The lowest BCUT2D eigenvalue weighted by atomic mass is 10.0. The number of halogens is 2. The largest absolute Gasteiger partial charge is 0.310 e. The Hall–Kier alpha value is -0.550. The van der Waals surface area contributed by atoms with Crippen LogP contribution in [0.2, 0.25) is 8.67 Å². The summed E-state index contributed by atoms with van der Waals surface area (Å²) >= 11 is 13.7. The van der Waals surface area contributed by atoms with Crippen molar-refractivity contribution in [3.63, 3.8) is 0 Å². The number of aryl methyl sites for hydroxylation is 1. The Morgan fingerprint density at radius 1 is 1.42 bits per heavy atom. The zero-order valence-corrected chi connectivity index (χ0v) is 13.3. The van der Waals surface area contributed by atoms with E-state index in [0.29, 0.717) is 0 Å². The lowest BCUT2D eigenvalue weighted by Gasteiger charge is -2.16. The molecule has 0 aliphatic heterocycles. The molecule has 104 valence electrons. The molecule has 0 aliphatic carbocycles. The molecular weight excluding hydrogens is 301 g/mol. The summed E-state index contributed by atoms with van der Waals surface area (Å²) in [5, 5.41) is 7.76. The molecule has 2 heterocycles. The van der Waals surface area contributed by atoms with Crippen LogP contribution in [0, 0.1) is 0 Å². The molecule has 3 nitrogen and oxygen atoms in total. The van der Waals surface area contributed by atoms with Crippen LogP contribution in [0.15, 0.2) is 18.5 Å². The molecule has 19 heavy (non-hydrogen) atoms. The van der Waals surface area contributed by atoms with E-state index in [1.807, 2.05) is 16.9 Å². The second-order valence-electron chi connectivity index (χ2n) is 4.30. The second kappa shape index (κ2) is 6.75. The molecule has 0 aliphatic rings. The summed E-state index contributed by atoms with van der Waals surface area (Å²) < 4.78 is 3.42. The highest BCUT2D eigenvalue weighted by atomic mass is 35.5. The highest BCUT2D eigenvalue weighted by Crippen LogP contribution is 2.36. The standard InChI is InChI=1S/C13H17Cl2N3S/c1-3-16-11(10-6-12(14)19-13(10)15)5-9-7-17-18(4-2)8-9/h6-8,11,16H,3-5H2,1-2H3. The van der Waals surface area contributed by atoms with E-state index >= 15 is 0 Å². The van der Waals surface area contributed by atoms with Crippen molar-refractivity contribution in [2.45, 2.75) is 32.9 Å². The van der Waals surface area contributed by atoms with Gasteiger partial charge >= 0.3 is 0 Å². The van der Waals surface area contributed by atoms with E-state index in [2.05, 4.69) is 30.5 Å². The van der Waals surface area contributed by atoms with Gasteiger partial charge in [0.2, 0.25) is 0 Å². The van der Waals surface area contributed by atoms with E-state index in [0.717, 1.165) is 33.7 Å². The van der Waals surface area contributed by atoms with Gasteiger partial charge < -0.3 is 5.32 Å². The van der Waals surface area contributed by atoms with Crippen molar-refractivity contribution in [1.82, 2.24) is 15.1 Å². The number of rotatable bonds is 6. The van der Waals surface area contributed by atoms with Crippen molar-refractivity contribution >= 4 is 34.5 Å². The maximum atomic E-state index is 6.25. The first kappa shape index (κ1) is 14.9. The van der Waals surface area contributed by atoms with E-state index in [4.69, 9.17) is 23.2 Å². The normalized spacial score (nSPS) is 12.8. The monoisotopic (exact) mass is 317 g/mol. The van der Waals surface area contributed by atoms with Gasteiger partial charge in [-0.25, -0.2) is 0 Å². The minimum atomic E-state index is 0.177. The number of thiophene rings is 1. The summed E-state index contributed by atoms with van der Waals surface area (Å²) in [5.41, 5.74) is 2.27. The quantitative estimate of drug-likeness (QED) is 0.866. The van der Waals surface area contributed by atoms with Crippen LogP contribution in [-0.2, 0) is 13.0 Å². The van der Waals surface area contributed by atoms with Gasteiger partial charge in [0.1, 0.15) is 0 Å². The first-order valence-electron chi connectivity index (χ1n) is 6.33. The zero-order valence-electron chi connectivity index (χ0n) is 11.0. The molecule has 0 saturated carbocycles. The fourth-order valence-electron chi connectivity index (χ4n) is 2.05. The topological polar surface area (TPSA) is 29.9 Å². The van der Waals surface area contributed by atoms with Crippen LogP contribution in [0.5, 0.6) is 0 Å². The predicted octanol–water partition coefficient (Wildman–Crippen LogP) is 4.16. The molecule has 0 amide bonds. The van der Waals surface area contributed by atoms with Crippen LogP contribution >= 0.6 is 34.5 Å². The van der Waals surface area contributed by atoms with Crippen LogP contribution in [0.25, 0.3) is 0 Å². The predicted molar refractivity (Wildman–Crippen MR) is 82.4 cm³/mol. The minimum Gasteiger partial charge on any atom is -0.310 e. The van der Waals surface area contributed by atoms with Crippen molar-refractivity contribution in [2.75, 3.05) is 6.54 Å². The summed E-state index contributed by atoms with van der Waals surface area (Å²) in [4.78, 5) is 0. The summed E-state index contributed by atoms with van der Waals surface area (Å²) in [6, 6.07) is 2.13. The Balaban J connectivity index is 2.18. The SMILES string of the molecule is CCNC(Cc1cnn(CC)c1)c1cc(Cl)sc1Cl. The van der Waals surface area contributed by atoms with Crippen molar-refractivity contribution < 1.29 is 0 Å². The van der Waals surface area contributed by atoms with Crippen LogP contribution in [-0.4, -0.2) is 16.3 Å². The third-order valence-corrected chi connectivity index (χ3v) is 4.48. The summed E-state index contributed by atoms with van der Waals surface area (Å²) in [6.07, 6.45) is 4.85. The molecule has 6 heteroatoms. The summed E-state index contributed by atoms with van der Waals surface area (Å²) in [7, 11) is 0. The van der Waals surface area contributed by atoms with Gasteiger partial charge in [-0.1, -0.05) is 30.1 Å². The first-order valence-corrected chi connectivity index (χ1v) is 7.90. The van der Waals surface area contributed by atoms with E-state index in [1.165, 1.54) is 16.9 Å². The minimum absolute atomic E-state index is 0.177. The molecule has 1 N–H and O–H groups in total. The number of nitrogens with one attached hydrogen (secondary N) is 1. The molecule has 2 aromatic rings. The molecule has 0 bridgehead atoms. The average molecular weight is 318 g/mol. The van der Waals surface area contributed by atoms with Crippen molar-refractivity contribution in [3.8, 4) is 0 Å². The van der Waals surface area contributed by atoms with Crippen molar-refractivity contribution in [2.24, 2.45) is 0 Å². The Bertz CT molecular complexity index is 536. The van der Waals surface area contributed by atoms with Crippen LogP contribution in [0.3, 0.4) is 0 Å². The molecule has 2 rings (SSSR count). The smallest absolute Gasteiger partial charge is 0.0992 e. The fraction of sp³-hybridized carbons (Fsp3) is 0.462. The van der Waals surface area contributed by atoms with Crippen LogP contribution in [0.1, 0.15) is 31.0 Å².